The van der Waals surface area contributed by atoms with Crippen LogP contribution in [0.25, 0.3) is 0 Å². The summed E-state index contributed by atoms with van der Waals surface area (Å²) in [5, 5.41) is 7.94. The highest BCUT2D eigenvalue weighted by molar-refractivity contribution is 5.85. The van der Waals surface area contributed by atoms with Gasteiger partial charge in [0.25, 0.3) is 0 Å². The molecular formula is C14H19ClN4O. The third-order valence-corrected chi connectivity index (χ3v) is 3.67. The van der Waals surface area contributed by atoms with Crippen LogP contribution in [0.15, 0.2) is 34.7 Å². The fourth-order valence-electron chi connectivity index (χ4n) is 2.58. The predicted molar refractivity (Wildman–Crippen MR) is 80.1 cm³/mol. The first-order chi connectivity index (χ1) is 9.36. The van der Waals surface area contributed by atoms with Gasteiger partial charge < -0.3 is 15.1 Å². The molecule has 1 fully saturated rings. The van der Waals surface area contributed by atoms with Gasteiger partial charge in [0, 0.05) is 13.1 Å². The Bertz CT molecular complexity index is 523. The normalized spacial score (nSPS) is 15.9. The van der Waals surface area contributed by atoms with Gasteiger partial charge in [0.05, 0.1) is 6.54 Å². The van der Waals surface area contributed by atoms with Gasteiger partial charge in [-0.3, -0.25) is 0 Å². The summed E-state index contributed by atoms with van der Waals surface area (Å²) in [6.45, 7) is 2.20. The highest BCUT2D eigenvalue weighted by Crippen LogP contribution is 2.29. The number of benzene rings is 1. The summed E-state index contributed by atoms with van der Waals surface area (Å²) in [5.41, 5.74) is 6.90. The van der Waals surface area contributed by atoms with E-state index in [-0.39, 0.29) is 12.4 Å². The van der Waals surface area contributed by atoms with E-state index >= 15 is 0 Å². The molecule has 1 aliphatic rings. The molecule has 2 aromatic rings. The maximum Gasteiger partial charge on any atom is 0.318 e. The molecule has 0 radical (unpaired) electrons. The number of piperidine rings is 1. The highest BCUT2D eigenvalue weighted by Gasteiger charge is 2.23. The van der Waals surface area contributed by atoms with Gasteiger partial charge in [-0.2, -0.15) is 0 Å². The van der Waals surface area contributed by atoms with E-state index in [4.69, 9.17) is 10.2 Å². The van der Waals surface area contributed by atoms with Crippen LogP contribution in [0.4, 0.5) is 6.01 Å². The zero-order chi connectivity index (χ0) is 13.1. The summed E-state index contributed by atoms with van der Waals surface area (Å²) in [4.78, 5) is 2.14. The molecule has 1 aromatic carbocycles. The fraction of sp³-hybridized carbons (Fsp3) is 0.429. The van der Waals surface area contributed by atoms with Crippen molar-refractivity contribution in [2.75, 3.05) is 18.0 Å². The number of halogens is 1. The van der Waals surface area contributed by atoms with Crippen LogP contribution in [0.2, 0.25) is 0 Å². The SMILES string of the molecule is Cl.NCc1nnc(N2CCC(c3ccccc3)CC2)o1. The second-order valence-electron chi connectivity index (χ2n) is 4.85. The van der Waals surface area contributed by atoms with Gasteiger partial charge in [0.1, 0.15) is 0 Å². The van der Waals surface area contributed by atoms with Crippen molar-refractivity contribution in [2.45, 2.75) is 25.3 Å². The molecule has 1 aromatic heterocycles. The van der Waals surface area contributed by atoms with E-state index in [1.54, 1.807) is 0 Å². The summed E-state index contributed by atoms with van der Waals surface area (Å²) in [6.07, 6.45) is 2.23. The second kappa shape index (κ2) is 6.72. The Labute approximate surface area is 124 Å². The Morgan fingerprint density at radius 2 is 1.85 bits per heavy atom. The predicted octanol–water partition coefficient (Wildman–Crippen LogP) is 2.33. The average Bonchev–Trinajstić information content (AvgIpc) is 2.97. The van der Waals surface area contributed by atoms with Crippen LogP contribution in [-0.2, 0) is 6.54 Å². The molecule has 2 N–H and O–H groups in total. The van der Waals surface area contributed by atoms with E-state index < -0.39 is 0 Å². The quantitative estimate of drug-likeness (QED) is 0.941. The van der Waals surface area contributed by atoms with Crippen molar-refractivity contribution in [3.05, 3.63) is 41.8 Å². The van der Waals surface area contributed by atoms with Crippen molar-refractivity contribution < 1.29 is 4.42 Å². The monoisotopic (exact) mass is 294 g/mol. The van der Waals surface area contributed by atoms with Crippen LogP contribution in [-0.4, -0.2) is 23.3 Å². The van der Waals surface area contributed by atoms with Crippen molar-refractivity contribution in [3.63, 3.8) is 0 Å². The molecule has 3 rings (SSSR count). The first-order valence-corrected chi connectivity index (χ1v) is 6.69. The number of aromatic nitrogens is 2. The van der Waals surface area contributed by atoms with Crippen LogP contribution in [0.5, 0.6) is 0 Å². The van der Waals surface area contributed by atoms with Crippen LogP contribution in [0.3, 0.4) is 0 Å². The molecule has 0 spiro atoms. The summed E-state index contributed by atoms with van der Waals surface area (Å²) < 4.78 is 5.49. The number of nitrogens with zero attached hydrogens (tertiary/aromatic N) is 3. The van der Waals surface area contributed by atoms with Crippen LogP contribution in [0.1, 0.15) is 30.2 Å². The number of anilines is 1. The molecule has 108 valence electrons. The Hall–Kier alpha value is -1.59. The molecular weight excluding hydrogens is 276 g/mol. The second-order valence-corrected chi connectivity index (χ2v) is 4.85. The Kier molecular flexibility index (Phi) is 4.98. The van der Waals surface area contributed by atoms with E-state index in [0.717, 1.165) is 25.9 Å². The van der Waals surface area contributed by atoms with Crippen molar-refractivity contribution >= 4 is 18.4 Å². The van der Waals surface area contributed by atoms with Gasteiger partial charge in [-0.25, -0.2) is 0 Å². The summed E-state index contributed by atoms with van der Waals surface area (Å²) in [5.74, 6) is 1.13. The fourth-order valence-corrected chi connectivity index (χ4v) is 2.58. The molecule has 0 bridgehead atoms. The Morgan fingerprint density at radius 3 is 2.45 bits per heavy atom. The van der Waals surface area contributed by atoms with E-state index in [9.17, 15) is 0 Å². The molecule has 5 nitrogen and oxygen atoms in total. The summed E-state index contributed by atoms with van der Waals surface area (Å²) in [7, 11) is 0. The topological polar surface area (TPSA) is 68.2 Å². The minimum Gasteiger partial charge on any atom is -0.407 e. The standard InChI is InChI=1S/C14H18N4O.ClH/c15-10-13-16-17-14(19-13)18-8-6-12(7-9-18)11-4-2-1-3-5-11;/h1-5,12H,6-10,15H2;1H. The van der Waals surface area contributed by atoms with Crippen molar-refractivity contribution in [3.8, 4) is 0 Å². The molecule has 0 amide bonds. The molecule has 20 heavy (non-hydrogen) atoms. The zero-order valence-corrected chi connectivity index (χ0v) is 12.1. The van der Waals surface area contributed by atoms with Gasteiger partial charge in [0.2, 0.25) is 5.89 Å². The highest BCUT2D eigenvalue weighted by atomic mass is 35.5. The van der Waals surface area contributed by atoms with Gasteiger partial charge in [-0.15, -0.1) is 17.5 Å². The molecule has 1 saturated heterocycles. The largest absolute Gasteiger partial charge is 0.407 e. The minimum absolute atomic E-state index is 0. The number of rotatable bonds is 3. The maximum absolute atomic E-state index is 5.49. The number of hydrogen-bond donors (Lipinski definition) is 1. The molecule has 0 saturated carbocycles. The van der Waals surface area contributed by atoms with E-state index in [1.165, 1.54) is 5.56 Å². The smallest absolute Gasteiger partial charge is 0.318 e. The summed E-state index contributed by atoms with van der Waals surface area (Å²) >= 11 is 0. The zero-order valence-electron chi connectivity index (χ0n) is 11.2. The van der Waals surface area contributed by atoms with Crippen molar-refractivity contribution in [2.24, 2.45) is 5.73 Å². The van der Waals surface area contributed by atoms with Gasteiger partial charge >= 0.3 is 6.01 Å². The average molecular weight is 295 g/mol. The molecule has 0 atom stereocenters. The molecule has 0 aliphatic carbocycles. The Balaban J connectivity index is 0.00000147. The van der Waals surface area contributed by atoms with E-state index in [0.29, 0.717) is 24.4 Å². The van der Waals surface area contributed by atoms with Crippen LogP contribution in [0, 0.1) is 0 Å². The van der Waals surface area contributed by atoms with E-state index in [2.05, 4.69) is 45.4 Å². The minimum atomic E-state index is 0. The molecule has 0 unspecified atom stereocenters. The van der Waals surface area contributed by atoms with E-state index in [1.807, 2.05) is 0 Å². The van der Waals surface area contributed by atoms with Crippen LogP contribution < -0.4 is 10.6 Å². The molecule has 1 aliphatic heterocycles. The van der Waals surface area contributed by atoms with Gasteiger partial charge in [0.15, 0.2) is 0 Å². The van der Waals surface area contributed by atoms with Crippen molar-refractivity contribution in [1.29, 1.82) is 0 Å². The maximum atomic E-state index is 5.49. The third kappa shape index (κ3) is 3.11. The first-order valence-electron chi connectivity index (χ1n) is 6.69. The third-order valence-electron chi connectivity index (χ3n) is 3.67. The lowest BCUT2D eigenvalue weighted by atomic mass is 9.90. The lowest BCUT2D eigenvalue weighted by molar-refractivity contribution is 0.442. The van der Waals surface area contributed by atoms with Gasteiger partial charge in [-0.05, 0) is 24.3 Å². The lowest BCUT2D eigenvalue weighted by Crippen LogP contribution is -2.33. The number of hydrogen-bond acceptors (Lipinski definition) is 5. The van der Waals surface area contributed by atoms with Crippen LogP contribution >= 0.6 is 12.4 Å². The lowest BCUT2D eigenvalue weighted by Gasteiger charge is -2.30. The number of nitrogens with two attached hydrogens (primary N) is 1. The summed E-state index contributed by atoms with van der Waals surface area (Å²) in [6, 6.07) is 11.3. The Morgan fingerprint density at radius 1 is 1.15 bits per heavy atom. The van der Waals surface area contributed by atoms with Gasteiger partial charge in [-0.1, -0.05) is 35.4 Å². The van der Waals surface area contributed by atoms with Crippen molar-refractivity contribution in [1.82, 2.24) is 10.2 Å². The molecule has 6 heteroatoms. The first kappa shape index (κ1) is 14.8. The molecule has 2 heterocycles.